The largest absolute Gasteiger partial charge is 0.481 e. The van der Waals surface area contributed by atoms with Crippen LogP contribution in [0.1, 0.15) is 22.7 Å². The summed E-state index contributed by atoms with van der Waals surface area (Å²) in [5.41, 5.74) is 0.518. The van der Waals surface area contributed by atoms with Crippen molar-refractivity contribution < 1.29 is 19.4 Å². The fraction of sp³-hybridized carbons (Fsp3) is 0.250. The molecule has 2 heterocycles. The number of aryl methyl sites for hydroxylation is 1. The third-order valence-electron chi connectivity index (χ3n) is 2.63. The maximum absolute atomic E-state index is 11.7. The third kappa shape index (κ3) is 2.53. The van der Waals surface area contributed by atoms with Crippen LogP contribution < -0.4 is 0 Å². The van der Waals surface area contributed by atoms with E-state index in [2.05, 4.69) is 9.72 Å². The molecule has 2 aromatic heterocycles. The minimum Gasteiger partial charge on any atom is -0.481 e. The van der Waals surface area contributed by atoms with Crippen LogP contribution in [-0.4, -0.2) is 33.5 Å². The van der Waals surface area contributed by atoms with Crippen molar-refractivity contribution >= 4 is 29.1 Å². The minimum absolute atomic E-state index is 0.0771. The number of carbonyl (C=O) groups is 2. The van der Waals surface area contributed by atoms with Crippen molar-refractivity contribution in [2.75, 3.05) is 7.11 Å². The van der Waals surface area contributed by atoms with Gasteiger partial charge in [0, 0.05) is 12.6 Å². The Kier molecular flexibility index (Phi) is 3.71. The summed E-state index contributed by atoms with van der Waals surface area (Å²) in [6.07, 6.45) is 1.80. The lowest BCUT2D eigenvalue weighted by molar-refractivity contribution is -0.137. The molecule has 0 saturated carbocycles. The van der Waals surface area contributed by atoms with Crippen LogP contribution in [-0.2, 0) is 16.0 Å². The number of carboxylic acid groups (broad SMARTS) is 1. The molecule has 2 aromatic rings. The van der Waals surface area contributed by atoms with Crippen molar-refractivity contribution in [1.82, 2.24) is 9.38 Å². The Labute approximate surface area is 113 Å². The number of halogens is 1. The molecule has 0 unspecified atom stereocenters. The van der Waals surface area contributed by atoms with Crippen molar-refractivity contribution in [3.63, 3.8) is 0 Å². The molecule has 0 fully saturated rings. The minimum atomic E-state index is -0.932. The predicted molar refractivity (Wildman–Crippen MR) is 67.5 cm³/mol. The smallest absolute Gasteiger partial charge is 0.358 e. The molecule has 19 heavy (non-hydrogen) atoms. The molecule has 0 radical (unpaired) electrons. The summed E-state index contributed by atoms with van der Waals surface area (Å²) < 4.78 is 6.26. The van der Waals surface area contributed by atoms with Gasteiger partial charge in [0.1, 0.15) is 5.82 Å². The summed E-state index contributed by atoms with van der Waals surface area (Å²) in [6, 6.07) is 3.33. The fourth-order valence-electron chi connectivity index (χ4n) is 1.79. The Morgan fingerprint density at radius 1 is 1.53 bits per heavy atom. The van der Waals surface area contributed by atoms with Gasteiger partial charge in [0.2, 0.25) is 0 Å². The van der Waals surface area contributed by atoms with Gasteiger partial charge in [-0.25, -0.2) is 9.78 Å². The van der Waals surface area contributed by atoms with E-state index in [0.717, 1.165) is 0 Å². The molecule has 1 N–H and O–H groups in total. The number of hydrogen-bond donors (Lipinski definition) is 1. The number of fused-ring (bicyclic) bond motifs is 1. The molecule has 0 aliphatic heterocycles. The maximum atomic E-state index is 11.7. The molecule has 0 atom stereocenters. The molecular formula is C12H11ClN2O4. The lowest BCUT2D eigenvalue weighted by Crippen LogP contribution is -2.03. The van der Waals surface area contributed by atoms with Gasteiger partial charge in [0.05, 0.1) is 24.1 Å². The van der Waals surface area contributed by atoms with Crippen LogP contribution in [0.5, 0.6) is 0 Å². The second-order valence-electron chi connectivity index (χ2n) is 3.84. The van der Waals surface area contributed by atoms with Gasteiger partial charge in [-0.2, -0.15) is 0 Å². The number of imidazole rings is 1. The number of hydrogen-bond acceptors (Lipinski definition) is 4. The second-order valence-corrected chi connectivity index (χ2v) is 4.24. The molecule has 100 valence electrons. The number of aliphatic carboxylic acids is 1. The Hall–Kier alpha value is -2.08. The number of rotatable bonds is 4. The number of carboxylic acids is 1. The Balaban J connectivity index is 2.56. The zero-order valence-electron chi connectivity index (χ0n) is 10.1. The van der Waals surface area contributed by atoms with Crippen LogP contribution in [0.2, 0.25) is 5.02 Å². The summed E-state index contributed by atoms with van der Waals surface area (Å²) in [6.45, 7) is 0. The summed E-state index contributed by atoms with van der Waals surface area (Å²) in [5.74, 6) is -1.08. The molecule has 6 nitrogen and oxygen atoms in total. The molecule has 0 aliphatic carbocycles. The van der Waals surface area contributed by atoms with E-state index in [-0.39, 0.29) is 18.5 Å². The quantitative estimate of drug-likeness (QED) is 0.865. The van der Waals surface area contributed by atoms with Gasteiger partial charge in [-0.1, -0.05) is 11.6 Å². The van der Waals surface area contributed by atoms with Crippen LogP contribution in [0.3, 0.4) is 0 Å². The van der Waals surface area contributed by atoms with E-state index in [1.807, 2.05) is 0 Å². The van der Waals surface area contributed by atoms with Crippen molar-refractivity contribution in [2.24, 2.45) is 0 Å². The molecule has 0 saturated heterocycles. The molecule has 0 amide bonds. The second kappa shape index (κ2) is 5.27. The number of aromatic nitrogens is 2. The summed E-state index contributed by atoms with van der Waals surface area (Å²) in [4.78, 5) is 26.4. The summed E-state index contributed by atoms with van der Waals surface area (Å²) in [5, 5.41) is 9.07. The average Bonchev–Trinajstić information content (AvgIpc) is 2.76. The highest BCUT2D eigenvalue weighted by atomic mass is 35.5. The zero-order chi connectivity index (χ0) is 14.0. The van der Waals surface area contributed by atoms with Crippen molar-refractivity contribution in [2.45, 2.75) is 12.8 Å². The molecule has 0 spiro atoms. The van der Waals surface area contributed by atoms with Crippen LogP contribution in [0.4, 0.5) is 0 Å². The van der Waals surface area contributed by atoms with E-state index in [9.17, 15) is 9.59 Å². The topological polar surface area (TPSA) is 80.9 Å². The predicted octanol–water partition coefficient (Wildman–Crippen LogP) is 1.79. The van der Waals surface area contributed by atoms with E-state index in [4.69, 9.17) is 16.7 Å². The van der Waals surface area contributed by atoms with E-state index in [0.29, 0.717) is 16.4 Å². The molecule has 0 aliphatic rings. The monoisotopic (exact) mass is 282 g/mol. The number of carbonyl (C=O) groups excluding carboxylic acids is 1. The van der Waals surface area contributed by atoms with Crippen LogP contribution >= 0.6 is 11.6 Å². The lowest BCUT2D eigenvalue weighted by Gasteiger charge is -2.00. The number of pyridine rings is 1. The van der Waals surface area contributed by atoms with Gasteiger partial charge >= 0.3 is 11.9 Å². The molecular weight excluding hydrogens is 272 g/mol. The van der Waals surface area contributed by atoms with Gasteiger partial charge < -0.3 is 14.2 Å². The number of ether oxygens (including phenoxy) is 1. The van der Waals surface area contributed by atoms with Crippen molar-refractivity contribution in [3.8, 4) is 0 Å². The van der Waals surface area contributed by atoms with E-state index in [1.165, 1.54) is 7.11 Å². The van der Waals surface area contributed by atoms with Gasteiger partial charge in [0.15, 0.2) is 5.69 Å². The highest BCUT2D eigenvalue weighted by Crippen LogP contribution is 2.23. The highest BCUT2D eigenvalue weighted by Gasteiger charge is 2.20. The van der Waals surface area contributed by atoms with E-state index < -0.39 is 11.9 Å². The summed E-state index contributed by atoms with van der Waals surface area (Å²) in [7, 11) is 1.25. The summed E-state index contributed by atoms with van der Waals surface area (Å²) >= 11 is 6.05. The third-order valence-corrected chi connectivity index (χ3v) is 2.93. The first-order chi connectivity index (χ1) is 9.04. The van der Waals surface area contributed by atoms with E-state index >= 15 is 0 Å². The first kappa shape index (κ1) is 13.4. The van der Waals surface area contributed by atoms with Gasteiger partial charge in [0.25, 0.3) is 0 Å². The first-order valence-electron chi connectivity index (χ1n) is 5.50. The van der Waals surface area contributed by atoms with Gasteiger partial charge in [-0.3, -0.25) is 4.79 Å². The maximum Gasteiger partial charge on any atom is 0.358 e. The number of nitrogens with zero attached hydrogens (tertiary/aromatic N) is 2. The number of esters is 1. The van der Waals surface area contributed by atoms with Gasteiger partial charge in [-0.05, 0) is 12.1 Å². The average molecular weight is 283 g/mol. The van der Waals surface area contributed by atoms with Crippen molar-refractivity contribution in [3.05, 3.63) is 34.9 Å². The Morgan fingerprint density at radius 2 is 2.26 bits per heavy atom. The van der Waals surface area contributed by atoms with Crippen molar-refractivity contribution in [1.29, 1.82) is 0 Å². The molecule has 7 heteroatoms. The van der Waals surface area contributed by atoms with Crippen LogP contribution in [0, 0.1) is 0 Å². The van der Waals surface area contributed by atoms with Crippen LogP contribution in [0.25, 0.3) is 5.52 Å². The number of methoxy groups -OCH3 is 1. The SMILES string of the molecule is COC(=O)c1nc(CCC(=O)O)n2cccc(Cl)c12. The zero-order valence-corrected chi connectivity index (χ0v) is 10.8. The molecule has 2 rings (SSSR count). The standard InChI is InChI=1S/C12H11ClN2O4/c1-19-12(18)10-11-7(13)3-2-6-15(11)8(14-10)4-5-9(16)17/h2-3,6H,4-5H2,1H3,(H,16,17). The lowest BCUT2D eigenvalue weighted by atomic mass is 10.3. The Bertz CT molecular complexity index is 650. The normalized spacial score (nSPS) is 10.6. The van der Waals surface area contributed by atoms with Gasteiger partial charge in [-0.15, -0.1) is 0 Å². The molecule has 0 aromatic carbocycles. The van der Waals surface area contributed by atoms with E-state index in [1.54, 1.807) is 22.7 Å². The first-order valence-corrected chi connectivity index (χ1v) is 5.88. The fourth-order valence-corrected chi connectivity index (χ4v) is 2.05. The van der Waals surface area contributed by atoms with Crippen LogP contribution in [0.15, 0.2) is 18.3 Å². The Morgan fingerprint density at radius 3 is 2.89 bits per heavy atom. The molecule has 0 bridgehead atoms. The highest BCUT2D eigenvalue weighted by molar-refractivity contribution is 6.34.